The van der Waals surface area contributed by atoms with Gasteiger partial charge in [-0.15, -0.1) is 0 Å². The number of hydrogen-bond acceptors (Lipinski definition) is 1. The molecule has 0 aliphatic rings. The highest BCUT2D eigenvalue weighted by molar-refractivity contribution is 5.75. The van der Waals surface area contributed by atoms with E-state index < -0.39 is 0 Å². The van der Waals surface area contributed by atoms with Crippen LogP contribution < -0.4 is 0 Å². The van der Waals surface area contributed by atoms with E-state index in [9.17, 15) is 0 Å². The molecular formula is C16H24N2. The molecular weight excluding hydrogens is 220 g/mol. The van der Waals surface area contributed by atoms with Crippen LogP contribution in [0.4, 0.5) is 0 Å². The first kappa shape index (κ1) is 13.1. The molecule has 18 heavy (non-hydrogen) atoms. The average Bonchev–Trinajstić information content (AvgIpc) is 2.82. The third-order valence-electron chi connectivity index (χ3n) is 3.64. The standard InChI is InChI=1S/C16H24N2/c1-3-5-6-10-14(9-4-2)18-13-17-15-11-7-8-12-16(15)18/h7-8,11-14H,3-6,9-10H2,1-2H3/t14-/m1/s1. The molecule has 0 aliphatic carbocycles. The van der Waals surface area contributed by atoms with Crippen LogP contribution in [0.3, 0.4) is 0 Å². The summed E-state index contributed by atoms with van der Waals surface area (Å²) in [7, 11) is 0. The highest BCUT2D eigenvalue weighted by Crippen LogP contribution is 2.25. The lowest BCUT2D eigenvalue weighted by Gasteiger charge is -2.18. The molecule has 1 atom stereocenters. The normalized spacial score (nSPS) is 13.0. The van der Waals surface area contributed by atoms with Gasteiger partial charge in [-0.3, -0.25) is 0 Å². The lowest BCUT2D eigenvalue weighted by Crippen LogP contribution is -2.07. The molecule has 1 aromatic carbocycles. The van der Waals surface area contributed by atoms with Gasteiger partial charge in [0.1, 0.15) is 0 Å². The van der Waals surface area contributed by atoms with Gasteiger partial charge in [0.25, 0.3) is 0 Å². The number of fused-ring (bicyclic) bond motifs is 1. The zero-order chi connectivity index (χ0) is 12.8. The Balaban J connectivity index is 2.18. The van der Waals surface area contributed by atoms with Crippen molar-refractivity contribution in [3.05, 3.63) is 30.6 Å². The summed E-state index contributed by atoms with van der Waals surface area (Å²) in [5.74, 6) is 0. The highest BCUT2D eigenvalue weighted by atomic mass is 15.1. The number of para-hydroxylation sites is 2. The summed E-state index contributed by atoms with van der Waals surface area (Å²) >= 11 is 0. The fourth-order valence-electron chi connectivity index (χ4n) is 2.65. The molecule has 2 rings (SSSR count). The molecule has 0 fully saturated rings. The highest BCUT2D eigenvalue weighted by Gasteiger charge is 2.12. The third kappa shape index (κ3) is 2.92. The van der Waals surface area contributed by atoms with Crippen LogP contribution >= 0.6 is 0 Å². The van der Waals surface area contributed by atoms with Crippen LogP contribution in [0.5, 0.6) is 0 Å². The molecule has 2 aromatic rings. The second-order valence-electron chi connectivity index (χ2n) is 5.08. The van der Waals surface area contributed by atoms with Crippen molar-refractivity contribution in [1.29, 1.82) is 0 Å². The van der Waals surface area contributed by atoms with Gasteiger partial charge in [0.15, 0.2) is 0 Å². The molecule has 0 unspecified atom stereocenters. The predicted octanol–water partition coefficient (Wildman–Crippen LogP) is 4.96. The van der Waals surface area contributed by atoms with Crippen molar-refractivity contribution >= 4 is 11.0 Å². The minimum Gasteiger partial charge on any atom is -0.327 e. The first-order valence-corrected chi connectivity index (χ1v) is 7.28. The monoisotopic (exact) mass is 244 g/mol. The summed E-state index contributed by atoms with van der Waals surface area (Å²) in [5, 5.41) is 0. The summed E-state index contributed by atoms with van der Waals surface area (Å²) < 4.78 is 2.38. The van der Waals surface area contributed by atoms with Gasteiger partial charge in [0, 0.05) is 6.04 Å². The van der Waals surface area contributed by atoms with Crippen molar-refractivity contribution in [2.75, 3.05) is 0 Å². The minimum atomic E-state index is 0.619. The summed E-state index contributed by atoms with van der Waals surface area (Å²) in [6, 6.07) is 9.07. The second kappa shape index (κ2) is 6.58. The maximum atomic E-state index is 4.51. The van der Waals surface area contributed by atoms with Crippen molar-refractivity contribution in [2.45, 2.75) is 58.4 Å². The molecule has 2 heteroatoms. The number of nitrogens with zero attached hydrogens (tertiary/aromatic N) is 2. The zero-order valence-corrected chi connectivity index (χ0v) is 11.6. The molecule has 2 nitrogen and oxygen atoms in total. The van der Waals surface area contributed by atoms with E-state index in [4.69, 9.17) is 0 Å². The molecule has 98 valence electrons. The summed E-state index contributed by atoms with van der Waals surface area (Å²) in [6.07, 6.45) is 9.76. The SMILES string of the molecule is CCCCC[C@@H](CCC)n1cnc2ccccc21. The fraction of sp³-hybridized carbons (Fsp3) is 0.562. The van der Waals surface area contributed by atoms with Gasteiger partial charge in [-0.25, -0.2) is 4.98 Å². The van der Waals surface area contributed by atoms with E-state index >= 15 is 0 Å². The molecule has 0 amide bonds. The minimum absolute atomic E-state index is 0.619. The molecule has 0 saturated carbocycles. The Hall–Kier alpha value is -1.31. The molecule has 1 aromatic heterocycles. The van der Waals surface area contributed by atoms with Gasteiger partial charge < -0.3 is 4.57 Å². The number of benzene rings is 1. The summed E-state index contributed by atoms with van der Waals surface area (Å²) in [4.78, 5) is 4.51. The van der Waals surface area contributed by atoms with E-state index in [1.807, 2.05) is 6.33 Å². The van der Waals surface area contributed by atoms with Crippen LogP contribution in [0.25, 0.3) is 11.0 Å². The van der Waals surface area contributed by atoms with Crippen LogP contribution in [-0.4, -0.2) is 9.55 Å². The first-order valence-electron chi connectivity index (χ1n) is 7.28. The van der Waals surface area contributed by atoms with Gasteiger partial charge >= 0.3 is 0 Å². The van der Waals surface area contributed by atoms with Gasteiger partial charge in [0.2, 0.25) is 0 Å². The van der Waals surface area contributed by atoms with Crippen LogP contribution in [0, 0.1) is 0 Å². The van der Waals surface area contributed by atoms with Crippen molar-refractivity contribution in [3.63, 3.8) is 0 Å². The Bertz CT molecular complexity index is 473. The molecule has 0 radical (unpaired) electrons. The molecule has 0 N–H and O–H groups in total. The molecule has 0 saturated heterocycles. The maximum absolute atomic E-state index is 4.51. The largest absolute Gasteiger partial charge is 0.327 e. The first-order chi connectivity index (χ1) is 8.86. The molecule has 0 bridgehead atoms. The Morgan fingerprint density at radius 2 is 1.89 bits per heavy atom. The van der Waals surface area contributed by atoms with E-state index in [1.54, 1.807) is 0 Å². The van der Waals surface area contributed by atoms with Gasteiger partial charge in [-0.1, -0.05) is 51.7 Å². The lowest BCUT2D eigenvalue weighted by molar-refractivity contribution is 0.421. The molecule has 0 aliphatic heterocycles. The summed E-state index contributed by atoms with van der Waals surface area (Å²) in [5.41, 5.74) is 2.40. The van der Waals surface area contributed by atoms with Crippen LogP contribution in [0.2, 0.25) is 0 Å². The number of imidazole rings is 1. The third-order valence-corrected chi connectivity index (χ3v) is 3.64. The lowest BCUT2D eigenvalue weighted by atomic mass is 10.0. The van der Waals surface area contributed by atoms with E-state index in [0.29, 0.717) is 6.04 Å². The number of rotatable bonds is 7. The fourth-order valence-corrected chi connectivity index (χ4v) is 2.65. The number of hydrogen-bond donors (Lipinski definition) is 0. The number of aromatic nitrogens is 2. The smallest absolute Gasteiger partial charge is 0.0960 e. The van der Waals surface area contributed by atoms with Gasteiger partial charge in [0.05, 0.1) is 17.4 Å². The van der Waals surface area contributed by atoms with E-state index in [2.05, 4.69) is 47.7 Å². The average molecular weight is 244 g/mol. The van der Waals surface area contributed by atoms with Crippen LogP contribution in [0.15, 0.2) is 30.6 Å². The van der Waals surface area contributed by atoms with Crippen LogP contribution in [-0.2, 0) is 0 Å². The second-order valence-corrected chi connectivity index (χ2v) is 5.08. The van der Waals surface area contributed by atoms with E-state index in [-0.39, 0.29) is 0 Å². The maximum Gasteiger partial charge on any atom is 0.0960 e. The Labute approximate surface area is 110 Å². The predicted molar refractivity (Wildman–Crippen MR) is 77.8 cm³/mol. The Kier molecular flexibility index (Phi) is 4.80. The molecule has 1 heterocycles. The van der Waals surface area contributed by atoms with Crippen molar-refractivity contribution < 1.29 is 0 Å². The van der Waals surface area contributed by atoms with Gasteiger partial charge in [-0.05, 0) is 25.0 Å². The number of unbranched alkanes of at least 4 members (excludes halogenated alkanes) is 2. The van der Waals surface area contributed by atoms with Crippen molar-refractivity contribution in [3.8, 4) is 0 Å². The van der Waals surface area contributed by atoms with E-state index in [0.717, 1.165) is 5.52 Å². The Morgan fingerprint density at radius 1 is 1.06 bits per heavy atom. The quantitative estimate of drug-likeness (QED) is 0.629. The summed E-state index contributed by atoms with van der Waals surface area (Å²) in [6.45, 7) is 4.54. The van der Waals surface area contributed by atoms with Crippen molar-refractivity contribution in [2.24, 2.45) is 0 Å². The zero-order valence-electron chi connectivity index (χ0n) is 11.6. The molecule has 0 spiro atoms. The topological polar surface area (TPSA) is 17.8 Å². The van der Waals surface area contributed by atoms with Crippen LogP contribution in [0.1, 0.15) is 58.4 Å². The van der Waals surface area contributed by atoms with Crippen molar-refractivity contribution in [1.82, 2.24) is 9.55 Å². The van der Waals surface area contributed by atoms with Gasteiger partial charge in [-0.2, -0.15) is 0 Å². The Morgan fingerprint density at radius 3 is 2.67 bits per heavy atom. The van der Waals surface area contributed by atoms with E-state index in [1.165, 1.54) is 44.0 Å².